The van der Waals surface area contributed by atoms with E-state index in [0.29, 0.717) is 16.3 Å². The van der Waals surface area contributed by atoms with Crippen LogP contribution >= 0.6 is 12.2 Å². The van der Waals surface area contributed by atoms with Crippen molar-refractivity contribution in [1.82, 2.24) is 9.55 Å². The fraction of sp³-hybridized carbons (Fsp3) is 0.500. The largest absolute Gasteiger partial charge is 0.328 e. The van der Waals surface area contributed by atoms with Gasteiger partial charge in [0.25, 0.3) is 0 Å². The Morgan fingerprint density at radius 2 is 1.89 bits per heavy atom. The van der Waals surface area contributed by atoms with Crippen molar-refractivity contribution in [3.63, 3.8) is 0 Å². The van der Waals surface area contributed by atoms with Gasteiger partial charge in [-0.15, -0.1) is 0 Å². The van der Waals surface area contributed by atoms with Crippen LogP contribution in [0.5, 0.6) is 0 Å². The Hall–Kier alpha value is -1.16. The quantitative estimate of drug-likeness (QED) is 0.822. The van der Waals surface area contributed by atoms with Gasteiger partial charge in [-0.3, -0.25) is 0 Å². The van der Waals surface area contributed by atoms with E-state index >= 15 is 0 Å². The summed E-state index contributed by atoms with van der Waals surface area (Å²) in [4.78, 5) is 3.04. The average molecular weight is 262 g/mol. The molecule has 0 spiro atoms. The molecule has 2 saturated carbocycles. The van der Waals surface area contributed by atoms with E-state index < -0.39 is 0 Å². The van der Waals surface area contributed by atoms with Crippen LogP contribution in [0.4, 0.5) is 4.39 Å². The molecule has 1 aromatic heterocycles. The Morgan fingerprint density at radius 1 is 1.22 bits per heavy atom. The number of hydrogen-bond donors (Lipinski definition) is 1. The molecule has 0 aliphatic heterocycles. The van der Waals surface area contributed by atoms with Gasteiger partial charge in [0.15, 0.2) is 4.77 Å². The topological polar surface area (TPSA) is 20.7 Å². The summed E-state index contributed by atoms with van der Waals surface area (Å²) in [6.07, 6.45) is 5.19. The lowest BCUT2D eigenvalue weighted by Gasteiger charge is -2.18. The van der Waals surface area contributed by atoms with Crippen LogP contribution in [0.1, 0.15) is 31.7 Å². The Morgan fingerprint density at radius 3 is 2.50 bits per heavy atom. The van der Waals surface area contributed by atoms with Crippen LogP contribution in [-0.4, -0.2) is 9.55 Å². The Labute approximate surface area is 110 Å². The molecule has 0 unspecified atom stereocenters. The van der Waals surface area contributed by atoms with Crippen molar-refractivity contribution in [2.75, 3.05) is 0 Å². The van der Waals surface area contributed by atoms with Crippen LogP contribution in [-0.2, 0) is 0 Å². The highest BCUT2D eigenvalue weighted by molar-refractivity contribution is 7.71. The molecular weight excluding hydrogens is 247 g/mol. The lowest BCUT2D eigenvalue weighted by Crippen LogP contribution is -2.13. The van der Waals surface area contributed by atoms with Crippen LogP contribution < -0.4 is 0 Å². The number of halogens is 1. The van der Waals surface area contributed by atoms with E-state index in [1.807, 2.05) is 6.07 Å². The monoisotopic (exact) mass is 262 g/mol. The minimum Gasteiger partial charge on any atom is -0.328 e. The fourth-order valence-electron chi connectivity index (χ4n) is 3.09. The Kier molecular flexibility index (Phi) is 2.19. The van der Waals surface area contributed by atoms with Crippen LogP contribution in [0.2, 0.25) is 0 Å². The maximum Gasteiger partial charge on any atom is 0.178 e. The highest BCUT2D eigenvalue weighted by Gasteiger charge is 2.43. The summed E-state index contributed by atoms with van der Waals surface area (Å²) in [6.45, 7) is 0. The molecule has 2 fully saturated rings. The number of fused-ring (bicyclic) bond motifs is 1. The summed E-state index contributed by atoms with van der Waals surface area (Å²) < 4.78 is 16.6. The molecule has 94 valence electrons. The van der Waals surface area contributed by atoms with E-state index in [1.54, 1.807) is 6.07 Å². The van der Waals surface area contributed by atoms with Gasteiger partial charge in [-0.05, 0) is 61.9 Å². The SMILES string of the molecule is Fc1cccc2c1[nH]c(=S)n2C(C1CC1)C1CC1. The predicted molar refractivity (Wildman–Crippen MR) is 71.6 cm³/mol. The molecule has 2 aliphatic rings. The third kappa shape index (κ3) is 1.55. The second kappa shape index (κ2) is 3.67. The van der Waals surface area contributed by atoms with Crippen LogP contribution in [0.25, 0.3) is 11.0 Å². The molecule has 4 heteroatoms. The van der Waals surface area contributed by atoms with Crippen molar-refractivity contribution in [2.45, 2.75) is 31.7 Å². The molecule has 0 bridgehead atoms. The summed E-state index contributed by atoms with van der Waals surface area (Å²) in [6, 6.07) is 5.73. The van der Waals surface area contributed by atoms with Gasteiger partial charge in [0.05, 0.1) is 5.52 Å². The molecule has 1 N–H and O–H groups in total. The number of rotatable bonds is 3. The zero-order chi connectivity index (χ0) is 12.3. The first-order valence-electron chi connectivity index (χ1n) is 6.64. The Balaban J connectivity index is 1.95. The first-order chi connectivity index (χ1) is 8.75. The second-order valence-electron chi connectivity index (χ2n) is 5.60. The predicted octanol–water partition coefficient (Wildman–Crippen LogP) is 4.20. The summed E-state index contributed by atoms with van der Waals surface area (Å²) in [5.41, 5.74) is 1.50. The van der Waals surface area contributed by atoms with E-state index in [0.717, 1.165) is 17.4 Å². The second-order valence-corrected chi connectivity index (χ2v) is 5.99. The van der Waals surface area contributed by atoms with Gasteiger partial charge < -0.3 is 9.55 Å². The molecule has 18 heavy (non-hydrogen) atoms. The minimum absolute atomic E-state index is 0.206. The molecule has 2 aliphatic carbocycles. The zero-order valence-corrected chi connectivity index (χ0v) is 10.8. The standard InChI is InChI=1S/C14H15FN2S/c15-10-2-1-3-11-12(10)16-14(18)17(11)13(8-4-5-8)9-6-7-9/h1-3,8-9,13H,4-7H2,(H,16,18). The molecule has 0 amide bonds. The summed E-state index contributed by atoms with van der Waals surface area (Å²) in [5.74, 6) is 1.31. The van der Waals surface area contributed by atoms with Gasteiger partial charge >= 0.3 is 0 Å². The smallest absolute Gasteiger partial charge is 0.178 e. The highest BCUT2D eigenvalue weighted by atomic mass is 32.1. The number of nitrogens with zero attached hydrogens (tertiary/aromatic N) is 1. The molecule has 0 radical (unpaired) electrons. The van der Waals surface area contributed by atoms with Crippen LogP contribution in [0, 0.1) is 22.4 Å². The maximum absolute atomic E-state index is 13.8. The van der Waals surface area contributed by atoms with Crippen molar-refractivity contribution < 1.29 is 4.39 Å². The molecule has 2 nitrogen and oxygen atoms in total. The number of benzene rings is 1. The Bertz CT molecular complexity index is 652. The number of para-hydroxylation sites is 1. The van der Waals surface area contributed by atoms with Gasteiger partial charge in [-0.25, -0.2) is 4.39 Å². The van der Waals surface area contributed by atoms with Gasteiger partial charge in [0, 0.05) is 6.04 Å². The zero-order valence-electron chi connectivity index (χ0n) is 10.0. The van der Waals surface area contributed by atoms with Crippen molar-refractivity contribution in [3.8, 4) is 0 Å². The van der Waals surface area contributed by atoms with Crippen molar-refractivity contribution in [2.24, 2.45) is 11.8 Å². The number of aromatic nitrogens is 2. The summed E-state index contributed by atoms with van der Waals surface area (Å²) >= 11 is 5.42. The van der Waals surface area contributed by atoms with Gasteiger partial charge in [-0.2, -0.15) is 0 Å². The van der Waals surface area contributed by atoms with Gasteiger partial charge in [-0.1, -0.05) is 6.07 Å². The van der Waals surface area contributed by atoms with Gasteiger partial charge in [0.2, 0.25) is 0 Å². The van der Waals surface area contributed by atoms with Crippen molar-refractivity contribution in [3.05, 3.63) is 28.8 Å². The van der Waals surface area contributed by atoms with E-state index in [1.165, 1.54) is 31.7 Å². The molecule has 2 aromatic rings. The minimum atomic E-state index is -0.206. The van der Waals surface area contributed by atoms with Gasteiger partial charge in [0.1, 0.15) is 11.3 Å². The fourth-order valence-corrected chi connectivity index (χ4v) is 3.41. The summed E-state index contributed by atoms with van der Waals surface area (Å²) in [7, 11) is 0. The molecule has 1 heterocycles. The van der Waals surface area contributed by atoms with Crippen LogP contribution in [0.15, 0.2) is 18.2 Å². The average Bonchev–Trinajstić information content (AvgIpc) is 3.23. The molecule has 0 saturated heterocycles. The highest BCUT2D eigenvalue weighted by Crippen LogP contribution is 2.52. The number of hydrogen-bond acceptors (Lipinski definition) is 1. The number of imidazole rings is 1. The van der Waals surface area contributed by atoms with Crippen molar-refractivity contribution >= 4 is 23.3 Å². The molecular formula is C14H15FN2S. The van der Waals surface area contributed by atoms with E-state index in [-0.39, 0.29) is 5.82 Å². The maximum atomic E-state index is 13.8. The number of H-pyrrole nitrogens is 1. The third-order valence-electron chi connectivity index (χ3n) is 4.21. The lowest BCUT2D eigenvalue weighted by molar-refractivity contribution is 0.400. The number of aromatic amines is 1. The van der Waals surface area contributed by atoms with E-state index in [9.17, 15) is 4.39 Å². The molecule has 4 rings (SSSR count). The lowest BCUT2D eigenvalue weighted by atomic mass is 10.1. The molecule has 1 aromatic carbocycles. The summed E-state index contributed by atoms with van der Waals surface area (Å²) in [5, 5.41) is 0. The third-order valence-corrected chi connectivity index (χ3v) is 4.51. The first-order valence-corrected chi connectivity index (χ1v) is 7.05. The van der Waals surface area contributed by atoms with Crippen molar-refractivity contribution in [1.29, 1.82) is 0 Å². The van der Waals surface area contributed by atoms with E-state index in [4.69, 9.17) is 12.2 Å². The first kappa shape index (κ1) is 10.7. The normalized spacial score (nSPS) is 19.9. The molecule has 0 atom stereocenters. The number of nitrogens with one attached hydrogen (secondary N) is 1. The van der Waals surface area contributed by atoms with E-state index in [2.05, 4.69) is 9.55 Å². The van der Waals surface area contributed by atoms with Crippen LogP contribution in [0.3, 0.4) is 0 Å².